The van der Waals surface area contributed by atoms with Crippen LogP contribution in [-0.4, -0.2) is 55.4 Å². The van der Waals surface area contributed by atoms with Crippen LogP contribution in [0.1, 0.15) is 30.8 Å². The first-order chi connectivity index (χ1) is 11.4. The summed E-state index contributed by atoms with van der Waals surface area (Å²) >= 11 is 1.70. The highest BCUT2D eigenvalue weighted by Gasteiger charge is 2.28. The van der Waals surface area contributed by atoms with E-state index in [0.29, 0.717) is 24.0 Å². The molecule has 8 heteroatoms. The molecule has 0 aromatic carbocycles. The zero-order chi connectivity index (χ0) is 17.2. The number of hydrogen-bond acceptors (Lipinski definition) is 5. The Morgan fingerprint density at radius 2 is 2.38 bits per heavy atom. The van der Waals surface area contributed by atoms with E-state index in [1.54, 1.807) is 11.3 Å². The Labute approximate surface area is 148 Å². The first kappa shape index (κ1) is 17.7. The van der Waals surface area contributed by atoms with E-state index in [1.165, 1.54) is 10.6 Å². The molecule has 6 nitrogen and oxygen atoms in total. The van der Waals surface area contributed by atoms with Crippen molar-refractivity contribution in [1.82, 2.24) is 15.2 Å². The third kappa shape index (κ3) is 4.47. The van der Waals surface area contributed by atoms with E-state index in [2.05, 4.69) is 29.0 Å². The van der Waals surface area contributed by atoms with Crippen molar-refractivity contribution in [2.75, 3.05) is 31.1 Å². The molecule has 1 fully saturated rings. The minimum Gasteiger partial charge on any atom is -0.356 e. The highest BCUT2D eigenvalue weighted by Crippen LogP contribution is 2.22. The molecule has 3 heterocycles. The molecule has 0 saturated carbocycles. The van der Waals surface area contributed by atoms with Gasteiger partial charge in [-0.05, 0) is 18.3 Å². The van der Waals surface area contributed by atoms with E-state index in [4.69, 9.17) is 4.99 Å². The van der Waals surface area contributed by atoms with Gasteiger partial charge < -0.3 is 10.2 Å². The first-order valence-corrected chi connectivity index (χ1v) is 11.3. The second kappa shape index (κ2) is 7.39. The van der Waals surface area contributed by atoms with Crippen molar-refractivity contribution in [2.24, 2.45) is 16.8 Å². The Morgan fingerprint density at radius 3 is 3.08 bits per heavy atom. The predicted octanol–water partition coefficient (Wildman–Crippen LogP) is 1.54. The summed E-state index contributed by atoms with van der Waals surface area (Å²) in [6, 6.07) is 0. The molecular weight excluding hydrogens is 344 g/mol. The van der Waals surface area contributed by atoms with Gasteiger partial charge in [0.05, 0.1) is 29.3 Å². The van der Waals surface area contributed by atoms with Gasteiger partial charge in [0, 0.05) is 30.9 Å². The molecule has 1 aromatic heterocycles. The molecule has 2 aliphatic heterocycles. The highest BCUT2D eigenvalue weighted by molar-refractivity contribution is 7.91. The zero-order valence-corrected chi connectivity index (χ0v) is 16.0. The summed E-state index contributed by atoms with van der Waals surface area (Å²) in [6.07, 6.45) is 1.70. The van der Waals surface area contributed by atoms with Crippen LogP contribution in [0.2, 0.25) is 0 Å². The third-order valence-corrected chi connectivity index (χ3v) is 7.16. The fourth-order valence-electron chi connectivity index (χ4n) is 3.11. The number of sulfone groups is 1. The van der Waals surface area contributed by atoms with Gasteiger partial charge in [-0.2, -0.15) is 0 Å². The Morgan fingerprint density at radius 1 is 1.54 bits per heavy atom. The van der Waals surface area contributed by atoms with E-state index >= 15 is 0 Å². The van der Waals surface area contributed by atoms with Crippen LogP contribution >= 0.6 is 11.3 Å². The quantitative estimate of drug-likeness (QED) is 0.643. The second-order valence-corrected chi connectivity index (χ2v) is 10.3. The molecule has 24 heavy (non-hydrogen) atoms. The van der Waals surface area contributed by atoms with Gasteiger partial charge in [0.25, 0.3) is 0 Å². The molecule has 1 aromatic rings. The van der Waals surface area contributed by atoms with E-state index in [9.17, 15) is 8.42 Å². The van der Waals surface area contributed by atoms with Crippen LogP contribution in [0.5, 0.6) is 0 Å². The SMILES string of the molecule is CC(C)CN=C(NCC1CCS(=O)(=O)C1)N1CCc2ncsc2C1. The lowest BCUT2D eigenvalue weighted by Crippen LogP contribution is -2.45. The Kier molecular flexibility index (Phi) is 5.44. The summed E-state index contributed by atoms with van der Waals surface area (Å²) < 4.78 is 23.3. The lowest BCUT2D eigenvalue weighted by Gasteiger charge is -2.30. The standard InChI is InChI=1S/C16H26N4O2S2/c1-12(2)7-17-16(18-8-13-4-6-24(21,22)10-13)20-5-3-14-15(9-20)23-11-19-14/h11-13H,3-10H2,1-2H3,(H,17,18). The number of nitrogens with zero attached hydrogens (tertiary/aromatic N) is 3. The smallest absolute Gasteiger partial charge is 0.194 e. The maximum atomic E-state index is 11.6. The number of hydrogen-bond donors (Lipinski definition) is 1. The fourth-order valence-corrected chi connectivity index (χ4v) is 5.80. The number of guanidine groups is 1. The van der Waals surface area contributed by atoms with Crippen molar-refractivity contribution in [3.63, 3.8) is 0 Å². The van der Waals surface area contributed by atoms with Crippen molar-refractivity contribution < 1.29 is 8.42 Å². The highest BCUT2D eigenvalue weighted by atomic mass is 32.2. The summed E-state index contributed by atoms with van der Waals surface area (Å²) in [7, 11) is -2.83. The van der Waals surface area contributed by atoms with Crippen molar-refractivity contribution in [3.8, 4) is 0 Å². The molecule has 0 bridgehead atoms. The van der Waals surface area contributed by atoms with Gasteiger partial charge in [0.2, 0.25) is 0 Å². The maximum Gasteiger partial charge on any atom is 0.194 e. The molecule has 1 N–H and O–H groups in total. The van der Waals surface area contributed by atoms with Crippen LogP contribution < -0.4 is 5.32 Å². The molecule has 3 rings (SSSR count). The molecule has 0 radical (unpaired) electrons. The van der Waals surface area contributed by atoms with Gasteiger partial charge in [0.1, 0.15) is 0 Å². The summed E-state index contributed by atoms with van der Waals surface area (Å²) in [5.74, 6) is 2.23. The second-order valence-electron chi connectivity index (χ2n) is 7.10. The maximum absolute atomic E-state index is 11.6. The van der Waals surface area contributed by atoms with Gasteiger partial charge in [-0.15, -0.1) is 11.3 Å². The van der Waals surface area contributed by atoms with Gasteiger partial charge in [-0.25, -0.2) is 13.4 Å². The van der Waals surface area contributed by atoms with Crippen molar-refractivity contribution in [3.05, 3.63) is 16.1 Å². The van der Waals surface area contributed by atoms with Gasteiger partial charge in [-0.1, -0.05) is 13.8 Å². The van der Waals surface area contributed by atoms with Crippen LogP contribution in [0.4, 0.5) is 0 Å². The molecule has 2 aliphatic rings. The largest absolute Gasteiger partial charge is 0.356 e. The topological polar surface area (TPSA) is 74.7 Å². The Hall–Kier alpha value is -1.15. The Bertz CT molecular complexity index is 697. The molecule has 134 valence electrons. The predicted molar refractivity (Wildman–Crippen MR) is 98.1 cm³/mol. The van der Waals surface area contributed by atoms with Crippen LogP contribution in [-0.2, 0) is 22.8 Å². The minimum absolute atomic E-state index is 0.197. The molecule has 0 aliphatic carbocycles. The van der Waals surface area contributed by atoms with E-state index in [-0.39, 0.29) is 5.92 Å². The molecular formula is C16H26N4O2S2. The fraction of sp³-hybridized carbons (Fsp3) is 0.750. The number of fused-ring (bicyclic) bond motifs is 1. The van der Waals surface area contributed by atoms with Crippen molar-refractivity contribution in [2.45, 2.75) is 33.2 Å². The molecule has 0 amide bonds. The van der Waals surface area contributed by atoms with Crippen LogP contribution in [0.3, 0.4) is 0 Å². The van der Waals surface area contributed by atoms with Gasteiger partial charge in [-0.3, -0.25) is 4.99 Å². The van der Waals surface area contributed by atoms with E-state index in [0.717, 1.165) is 38.4 Å². The van der Waals surface area contributed by atoms with Crippen LogP contribution in [0.25, 0.3) is 0 Å². The lowest BCUT2D eigenvalue weighted by atomic mass is 10.1. The lowest BCUT2D eigenvalue weighted by molar-refractivity contribution is 0.374. The molecule has 1 unspecified atom stereocenters. The molecule has 1 atom stereocenters. The minimum atomic E-state index is -2.83. The van der Waals surface area contributed by atoms with E-state index in [1.807, 2.05) is 5.51 Å². The monoisotopic (exact) mass is 370 g/mol. The number of aliphatic imine (C=N–C) groups is 1. The number of nitrogens with one attached hydrogen (secondary N) is 1. The number of rotatable bonds is 4. The average Bonchev–Trinajstić information content (AvgIpc) is 3.12. The zero-order valence-electron chi connectivity index (χ0n) is 14.4. The number of aromatic nitrogens is 1. The normalized spacial score (nSPS) is 23.5. The van der Waals surface area contributed by atoms with Gasteiger partial charge >= 0.3 is 0 Å². The van der Waals surface area contributed by atoms with Crippen molar-refractivity contribution >= 4 is 27.1 Å². The van der Waals surface area contributed by atoms with Crippen LogP contribution in [0, 0.1) is 11.8 Å². The van der Waals surface area contributed by atoms with E-state index < -0.39 is 9.84 Å². The summed E-state index contributed by atoms with van der Waals surface area (Å²) in [5.41, 5.74) is 3.12. The molecule has 0 spiro atoms. The summed E-state index contributed by atoms with van der Waals surface area (Å²) in [5, 5.41) is 3.44. The molecule has 1 saturated heterocycles. The van der Waals surface area contributed by atoms with Crippen LogP contribution in [0.15, 0.2) is 10.5 Å². The number of thiazole rings is 1. The summed E-state index contributed by atoms with van der Waals surface area (Å²) in [4.78, 5) is 12.8. The third-order valence-electron chi connectivity index (χ3n) is 4.46. The first-order valence-electron chi connectivity index (χ1n) is 8.58. The Balaban J connectivity index is 1.64. The van der Waals surface area contributed by atoms with Gasteiger partial charge in [0.15, 0.2) is 15.8 Å². The summed E-state index contributed by atoms with van der Waals surface area (Å²) in [6.45, 7) is 7.51. The van der Waals surface area contributed by atoms with Crippen molar-refractivity contribution in [1.29, 1.82) is 0 Å². The average molecular weight is 371 g/mol.